The molecule has 0 bridgehead atoms. The van der Waals surface area contributed by atoms with Crippen LogP contribution in [0.1, 0.15) is 43.7 Å². The van der Waals surface area contributed by atoms with Gasteiger partial charge in [-0.3, -0.25) is 0 Å². The van der Waals surface area contributed by atoms with Crippen LogP contribution in [-0.4, -0.2) is 19.8 Å². The van der Waals surface area contributed by atoms with Crippen LogP contribution in [0.3, 0.4) is 0 Å². The summed E-state index contributed by atoms with van der Waals surface area (Å²) in [5, 5.41) is 3.75. The second-order valence-electron chi connectivity index (χ2n) is 5.07. The minimum absolute atomic E-state index is 0.175. The first-order valence-electron chi connectivity index (χ1n) is 6.94. The fraction of sp³-hybridized carbons (Fsp3) is 0.600. The van der Waals surface area contributed by atoms with E-state index < -0.39 is 0 Å². The third kappa shape index (κ3) is 4.16. The van der Waals surface area contributed by atoms with Crippen LogP contribution in [0.15, 0.2) is 18.2 Å². The molecule has 2 unspecified atom stereocenters. The molecule has 19 heavy (non-hydrogen) atoms. The van der Waals surface area contributed by atoms with Crippen molar-refractivity contribution in [1.82, 2.24) is 5.32 Å². The molecule has 1 aromatic rings. The molecule has 1 aromatic carbocycles. The Morgan fingerprint density at radius 2 is 2.37 bits per heavy atom. The maximum Gasteiger partial charge on any atom is 0.124 e. The highest BCUT2D eigenvalue weighted by Crippen LogP contribution is 2.28. The van der Waals surface area contributed by atoms with Crippen LogP contribution in [0.2, 0.25) is 5.02 Å². The van der Waals surface area contributed by atoms with Crippen LogP contribution < -0.4 is 5.32 Å². The predicted octanol–water partition coefficient (Wildman–Crippen LogP) is 4.09. The average molecular weight is 286 g/mol. The summed E-state index contributed by atoms with van der Waals surface area (Å²) < 4.78 is 18.7. The first-order valence-corrected chi connectivity index (χ1v) is 7.32. The van der Waals surface area contributed by atoms with E-state index in [-0.39, 0.29) is 11.9 Å². The molecule has 1 aliphatic heterocycles. The van der Waals surface area contributed by atoms with Gasteiger partial charge in [0.2, 0.25) is 0 Å². The summed E-state index contributed by atoms with van der Waals surface area (Å²) >= 11 is 6.10. The molecule has 0 aromatic heterocycles. The van der Waals surface area contributed by atoms with Gasteiger partial charge < -0.3 is 10.1 Å². The van der Waals surface area contributed by atoms with E-state index >= 15 is 0 Å². The lowest BCUT2D eigenvalue weighted by Crippen LogP contribution is -2.17. The lowest BCUT2D eigenvalue weighted by Gasteiger charge is -2.19. The van der Waals surface area contributed by atoms with Crippen LogP contribution in [0.5, 0.6) is 0 Å². The highest BCUT2D eigenvalue weighted by atomic mass is 35.5. The molecule has 1 aliphatic rings. The number of nitrogens with one attached hydrogen (secondary N) is 1. The molecule has 0 spiro atoms. The van der Waals surface area contributed by atoms with Crippen molar-refractivity contribution in [3.8, 4) is 0 Å². The standard InChI is InChI=1S/C15H21ClFNO/c1-18-15(6-2-4-12-5-3-9-19-12)13-8-7-11(17)10-14(13)16/h7-8,10,12,15,18H,2-6,9H2,1H3. The number of ether oxygens (including phenoxy) is 1. The zero-order valence-electron chi connectivity index (χ0n) is 11.3. The van der Waals surface area contributed by atoms with Gasteiger partial charge in [-0.05, 0) is 56.8 Å². The predicted molar refractivity (Wildman–Crippen MR) is 76.0 cm³/mol. The maximum atomic E-state index is 13.0. The van der Waals surface area contributed by atoms with Crippen molar-refractivity contribution in [2.24, 2.45) is 0 Å². The largest absolute Gasteiger partial charge is 0.378 e. The monoisotopic (exact) mass is 285 g/mol. The quantitative estimate of drug-likeness (QED) is 0.850. The van der Waals surface area contributed by atoms with Crippen LogP contribution in [0.4, 0.5) is 4.39 Å². The Morgan fingerprint density at radius 1 is 1.53 bits per heavy atom. The van der Waals surface area contributed by atoms with Crippen LogP contribution in [-0.2, 0) is 4.74 Å². The van der Waals surface area contributed by atoms with Gasteiger partial charge in [0.05, 0.1) is 6.10 Å². The van der Waals surface area contributed by atoms with Gasteiger partial charge in [-0.25, -0.2) is 4.39 Å². The van der Waals surface area contributed by atoms with Gasteiger partial charge in [-0.15, -0.1) is 0 Å². The van der Waals surface area contributed by atoms with E-state index in [0.717, 1.165) is 31.4 Å². The molecule has 1 saturated heterocycles. The fourth-order valence-electron chi connectivity index (χ4n) is 2.66. The van der Waals surface area contributed by atoms with Crippen molar-refractivity contribution in [3.63, 3.8) is 0 Å². The van der Waals surface area contributed by atoms with E-state index in [2.05, 4.69) is 5.32 Å². The average Bonchev–Trinajstić information content (AvgIpc) is 2.89. The van der Waals surface area contributed by atoms with Gasteiger partial charge in [0.25, 0.3) is 0 Å². The molecular formula is C15H21ClFNO. The Hall–Kier alpha value is -0.640. The lowest BCUT2D eigenvalue weighted by atomic mass is 9.99. The van der Waals surface area contributed by atoms with Crippen molar-refractivity contribution in [2.75, 3.05) is 13.7 Å². The molecule has 2 nitrogen and oxygen atoms in total. The smallest absolute Gasteiger partial charge is 0.124 e. The maximum absolute atomic E-state index is 13.0. The van der Waals surface area contributed by atoms with Crippen molar-refractivity contribution < 1.29 is 9.13 Å². The molecule has 1 fully saturated rings. The summed E-state index contributed by atoms with van der Waals surface area (Å²) in [7, 11) is 1.91. The number of halogens is 2. The number of hydrogen-bond acceptors (Lipinski definition) is 2. The molecule has 0 radical (unpaired) electrons. The minimum Gasteiger partial charge on any atom is -0.378 e. The highest BCUT2D eigenvalue weighted by molar-refractivity contribution is 6.31. The summed E-state index contributed by atoms with van der Waals surface area (Å²) in [4.78, 5) is 0. The van der Waals surface area contributed by atoms with Gasteiger partial charge >= 0.3 is 0 Å². The molecule has 4 heteroatoms. The van der Waals surface area contributed by atoms with Crippen molar-refractivity contribution in [2.45, 2.75) is 44.2 Å². The molecule has 2 rings (SSSR count). The van der Waals surface area contributed by atoms with Gasteiger partial charge in [0, 0.05) is 17.7 Å². The fourth-order valence-corrected chi connectivity index (χ4v) is 2.96. The first kappa shape index (κ1) is 14.8. The van der Waals surface area contributed by atoms with Gasteiger partial charge in [0.15, 0.2) is 0 Å². The van der Waals surface area contributed by atoms with Gasteiger partial charge in [-0.1, -0.05) is 17.7 Å². The second kappa shape index (κ2) is 7.22. The van der Waals surface area contributed by atoms with E-state index in [0.29, 0.717) is 11.1 Å². The van der Waals surface area contributed by atoms with Gasteiger partial charge in [0.1, 0.15) is 5.82 Å². The third-order valence-electron chi connectivity index (χ3n) is 3.73. The summed E-state index contributed by atoms with van der Waals surface area (Å²) in [6, 6.07) is 4.78. The number of hydrogen-bond donors (Lipinski definition) is 1. The molecular weight excluding hydrogens is 265 g/mol. The van der Waals surface area contributed by atoms with Crippen LogP contribution in [0.25, 0.3) is 0 Å². The van der Waals surface area contributed by atoms with E-state index in [1.54, 1.807) is 6.07 Å². The zero-order chi connectivity index (χ0) is 13.7. The summed E-state index contributed by atoms with van der Waals surface area (Å²) in [6.45, 7) is 0.907. The SMILES string of the molecule is CNC(CCCC1CCCO1)c1ccc(F)cc1Cl. The Balaban J connectivity index is 1.88. The van der Waals surface area contributed by atoms with Gasteiger partial charge in [-0.2, -0.15) is 0 Å². The summed E-state index contributed by atoms with van der Waals surface area (Å²) in [5.41, 5.74) is 0.970. The molecule has 1 N–H and O–H groups in total. The number of rotatable bonds is 6. The summed E-state index contributed by atoms with van der Waals surface area (Å²) in [6.07, 6.45) is 5.97. The molecule has 0 saturated carbocycles. The topological polar surface area (TPSA) is 21.3 Å². The zero-order valence-corrected chi connectivity index (χ0v) is 12.0. The van der Waals surface area contributed by atoms with Crippen molar-refractivity contribution >= 4 is 11.6 Å². The van der Waals surface area contributed by atoms with Crippen molar-refractivity contribution in [1.29, 1.82) is 0 Å². The third-order valence-corrected chi connectivity index (χ3v) is 4.06. The molecule has 106 valence electrons. The van der Waals surface area contributed by atoms with E-state index in [1.165, 1.54) is 25.0 Å². The molecule has 0 aliphatic carbocycles. The first-order chi connectivity index (χ1) is 9.20. The molecule has 0 amide bonds. The molecule has 1 heterocycles. The van der Waals surface area contributed by atoms with E-state index in [4.69, 9.17) is 16.3 Å². The Bertz CT molecular complexity index is 407. The normalized spacial score (nSPS) is 20.7. The highest BCUT2D eigenvalue weighted by Gasteiger charge is 2.17. The minimum atomic E-state index is -0.289. The number of benzene rings is 1. The van der Waals surface area contributed by atoms with E-state index in [1.807, 2.05) is 7.05 Å². The Labute approximate surface area is 119 Å². The van der Waals surface area contributed by atoms with E-state index in [9.17, 15) is 4.39 Å². The van der Waals surface area contributed by atoms with Crippen LogP contribution >= 0.6 is 11.6 Å². The molecule has 2 atom stereocenters. The lowest BCUT2D eigenvalue weighted by molar-refractivity contribution is 0.101. The second-order valence-corrected chi connectivity index (χ2v) is 5.48. The van der Waals surface area contributed by atoms with Crippen molar-refractivity contribution in [3.05, 3.63) is 34.6 Å². The Kier molecular flexibility index (Phi) is 5.61. The summed E-state index contributed by atoms with van der Waals surface area (Å²) in [5.74, 6) is -0.289. The Morgan fingerprint density at radius 3 is 3.00 bits per heavy atom. The van der Waals surface area contributed by atoms with Crippen LogP contribution in [0, 0.1) is 5.82 Å².